The number of aryl methyl sites for hydroxylation is 1. The predicted octanol–water partition coefficient (Wildman–Crippen LogP) is -0.292. The van der Waals surface area contributed by atoms with E-state index in [1.54, 1.807) is 0 Å². The Hall–Kier alpha value is -1.44. The van der Waals surface area contributed by atoms with Crippen LogP contribution in [0.1, 0.15) is 30.9 Å². The fourth-order valence-electron chi connectivity index (χ4n) is 3.08. The van der Waals surface area contributed by atoms with Gasteiger partial charge in [-0.15, -0.1) is 10.2 Å². The van der Waals surface area contributed by atoms with Gasteiger partial charge in [0.2, 0.25) is 5.91 Å². The van der Waals surface area contributed by atoms with Crippen molar-refractivity contribution >= 4 is 15.7 Å². The zero-order valence-corrected chi connectivity index (χ0v) is 12.7. The number of nitrogens with zero attached hydrogens (tertiary/aromatic N) is 3. The number of fused-ring (bicyclic) bond motifs is 1. The SMILES string of the molecule is O=C(CC1CCS(=O)(=O)C1)NCCc1nnc2n1CCC2. The molecule has 2 aliphatic rings. The molecule has 3 heterocycles. The van der Waals surface area contributed by atoms with Gasteiger partial charge < -0.3 is 9.88 Å². The lowest BCUT2D eigenvalue weighted by Crippen LogP contribution is -2.28. The highest BCUT2D eigenvalue weighted by atomic mass is 32.2. The zero-order valence-electron chi connectivity index (χ0n) is 11.9. The van der Waals surface area contributed by atoms with Crippen LogP contribution in [0.3, 0.4) is 0 Å². The molecule has 21 heavy (non-hydrogen) atoms. The van der Waals surface area contributed by atoms with Gasteiger partial charge in [-0.05, 0) is 18.8 Å². The van der Waals surface area contributed by atoms with Gasteiger partial charge in [0, 0.05) is 32.4 Å². The lowest BCUT2D eigenvalue weighted by molar-refractivity contribution is -0.121. The molecule has 3 rings (SSSR count). The zero-order chi connectivity index (χ0) is 14.9. The maximum Gasteiger partial charge on any atom is 0.220 e. The number of hydrogen-bond donors (Lipinski definition) is 1. The van der Waals surface area contributed by atoms with Gasteiger partial charge >= 0.3 is 0 Å². The number of sulfone groups is 1. The van der Waals surface area contributed by atoms with Gasteiger partial charge in [-0.25, -0.2) is 8.42 Å². The van der Waals surface area contributed by atoms with Crippen molar-refractivity contribution in [2.24, 2.45) is 5.92 Å². The molecule has 1 fully saturated rings. The van der Waals surface area contributed by atoms with Crippen molar-refractivity contribution in [1.82, 2.24) is 20.1 Å². The first kappa shape index (κ1) is 14.5. The Morgan fingerprint density at radius 3 is 3.00 bits per heavy atom. The molecule has 116 valence electrons. The van der Waals surface area contributed by atoms with Crippen LogP contribution in [0.5, 0.6) is 0 Å². The maximum absolute atomic E-state index is 11.8. The quantitative estimate of drug-likeness (QED) is 0.806. The molecule has 8 heteroatoms. The van der Waals surface area contributed by atoms with E-state index in [1.165, 1.54) is 0 Å². The first-order valence-corrected chi connectivity index (χ1v) is 9.24. The van der Waals surface area contributed by atoms with E-state index in [4.69, 9.17) is 0 Å². The highest BCUT2D eigenvalue weighted by Gasteiger charge is 2.29. The number of aromatic nitrogens is 3. The first-order valence-electron chi connectivity index (χ1n) is 7.41. The Bertz CT molecular complexity index is 638. The molecular formula is C13H20N4O3S. The van der Waals surface area contributed by atoms with Crippen LogP contribution in [0.15, 0.2) is 0 Å². The lowest BCUT2D eigenvalue weighted by atomic mass is 10.1. The summed E-state index contributed by atoms with van der Waals surface area (Å²) in [5.74, 6) is 2.24. The van der Waals surface area contributed by atoms with Crippen molar-refractivity contribution in [2.45, 2.75) is 38.6 Å². The summed E-state index contributed by atoms with van der Waals surface area (Å²) in [6, 6.07) is 0. The smallest absolute Gasteiger partial charge is 0.220 e. The van der Waals surface area contributed by atoms with Gasteiger partial charge in [-0.3, -0.25) is 4.79 Å². The van der Waals surface area contributed by atoms with Crippen molar-refractivity contribution in [3.8, 4) is 0 Å². The molecule has 0 saturated carbocycles. The fourth-order valence-corrected chi connectivity index (χ4v) is 4.94. The highest BCUT2D eigenvalue weighted by Crippen LogP contribution is 2.21. The average Bonchev–Trinajstić information content (AvgIpc) is 3.07. The van der Waals surface area contributed by atoms with E-state index >= 15 is 0 Å². The van der Waals surface area contributed by atoms with Gasteiger partial charge in [0.15, 0.2) is 9.84 Å². The third kappa shape index (κ3) is 3.42. The van der Waals surface area contributed by atoms with E-state index < -0.39 is 9.84 Å². The van der Waals surface area contributed by atoms with E-state index in [1.807, 2.05) is 0 Å². The summed E-state index contributed by atoms with van der Waals surface area (Å²) in [7, 11) is -2.91. The molecule has 1 aromatic rings. The summed E-state index contributed by atoms with van der Waals surface area (Å²) in [5.41, 5.74) is 0. The third-order valence-corrected chi connectivity index (χ3v) is 5.99. The Kier molecular flexibility index (Phi) is 3.97. The average molecular weight is 312 g/mol. The van der Waals surface area contributed by atoms with Crippen LogP contribution in [0, 0.1) is 5.92 Å². The molecule has 0 spiro atoms. The number of amides is 1. The van der Waals surface area contributed by atoms with Crippen LogP contribution in [0.4, 0.5) is 0 Å². The third-order valence-electron chi connectivity index (χ3n) is 4.16. The Morgan fingerprint density at radius 1 is 1.38 bits per heavy atom. The van der Waals surface area contributed by atoms with Crippen LogP contribution < -0.4 is 5.32 Å². The van der Waals surface area contributed by atoms with Crippen LogP contribution in [-0.2, 0) is 34.0 Å². The number of rotatable bonds is 5. The van der Waals surface area contributed by atoms with Crippen molar-refractivity contribution in [3.63, 3.8) is 0 Å². The van der Waals surface area contributed by atoms with Crippen LogP contribution >= 0.6 is 0 Å². The Morgan fingerprint density at radius 2 is 2.24 bits per heavy atom. The fraction of sp³-hybridized carbons (Fsp3) is 0.769. The van der Waals surface area contributed by atoms with Gasteiger partial charge in [-0.1, -0.05) is 0 Å². The summed E-state index contributed by atoms with van der Waals surface area (Å²) in [6.45, 7) is 1.49. The summed E-state index contributed by atoms with van der Waals surface area (Å²) >= 11 is 0. The summed E-state index contributed by atoms with van der Waals surface area (Å²) in [5, 5.41) is 11.1. The minimum Gasteiger partial charge on any atom is -0.356 e. The summed E-state index contributed by atoms with van der Waals surface area (Å²) in [6.07, 6.45) is 3.67. The molecule has 1 amide bonds. The number of hydrogen-bond acceptors (Lipinski definition) is 5. The second-order valence-corrected chi connectivity index (χ2v) is 8.09. The van der Waals surface area contributed by atoms with Crippen LogP contribution in [0.25, 0.3) is 0 Å². The minimum atomic E-state index is -2.91. The van der Waals surface area contributed by atoms with Crippen LogP contribution in [-0.4, -0.2) is 47.1 Å². The second-order valence-electron chi connectivity index (χ2n) is 5.86. The first-order chi connectivity index (χ1) is 10.0. The number of nitrogens with one attached hydrogen (secondary N) is 1. The topological polar surface area (TPSA) is 93.9 Å². The monoisotopic (exact) mass is 312 g/mol. The molecule has 1 aromatic heterocycles. The standard InChI is InChI=1S/C13H20N4O3S/c18-13(8-10-4-7-21(19,20)9-10)14-5-3-12-16-15-11-2-1-6-17(11)12/h10H,1-9H2,(H,14,18). The van der Waals surface area contributed by atoms with Crippen molar-refractivity contribution in [3.05, 3.63) is 11.6 Å². The normalized spacial score (nSPS) is 23.1. The molecule has 2 aliphatic heterocycles. The molecular weight excluding hydrogens is 292 g/mol. The second kappa shape index (κ2) is 5.75. The molecule has 0 aromatic carbocycles. The predicted molar refractivity (Wildman–Crippen MR) is 76.4 cm³/mol. The van der Waals surface area contributed by atoms with E-state index in [2.05, 4.69) is 20.1 Å². The molecule has 1 unspecified atom stereocenters. The van der Waals surface area contributed by atoms with Gasteiger partial charge in [0.1, 0.15) is 11.6 Å². The van der Waals surface area contributed by atoms with Crippen molar-refractivity contribution in [2.75, 3.05) is 18.1 Å². The summed E-state index contributed by atoms with van der Waals surface area (Å²) in [4.78, 5) is 11.8. The van der Waals surface area contributed by atoms with Crippen molar-refractivity contribution in [1.29, 1.82) is 0 Å². The van der Waals surface area contributed by atoms with E-state index in [0.717, 1.165) is 31.0 Å². The van der Waals surface area contributed by atoms with Crippen LogP contribution in [0.2, 0.25) is 0 Å². The largest absolute Gasteiger partial charge is 0.356 e. The van der Waals surface area contributed by atoms with E-state index in [9.17, 15) is 13.2 Å². The maximum atomic E-state index is 11.8. The molecule has 1 N–H and O–H groups in total. The van der Waals surface area contributed by atoms with Gasteiger partial charge in [0.05, 0.1) is 11.5 Å². The van der Waals surface area contributed by atoms with Gasteiger partial charge in [0.25, 0.3) is 0 Å². The Balaban J connectivity index is 1.42. The lowest BCUT2D eigenvalue weighted by Gasteiger charge is -2.08. The number of carbonyl (C=O) groups is 1. The van der Waals surface area contributed by atoms with E-state index in [0.29, 0.717) is 25.8 Å². The summed E-state index contributed by atoms with van der Waals surface area (Å²) < 4.78 is 24.8. The van der Waals surface area contributed by atoms with Crippen molar-refractivity contribution < 1.29 is 13.2 Å². The molecule has 0 radical (unpaired) electrons. The molecule has 7 nitrogen and oxygen atoms in total. The molecule has 1 atom stereocenters. The highest BCUT2D eigenvalue weighted by molar-refractivity contribution is 7.91. The van der Waals surface area contributed by atoms with Gasteiger partial charge in [-0.2, -0.15) is 0 Å². The molecule has 0 bridgehead atoms. The number of carbonyl (C=O) groups excluding carboxylic acids is 1. The minimum absolute atomic E-state index is 0.0210. The Labute approximate surface area is 124 Å². The molecule has 1 saturated heterocycles. The molecule has 0 aliphatic carbocycles. The van der Waals surface area contributed by atoms with E-state index in [-0.39, 0.29) is 23.3 Å².